The maximum absolute atomic E-state index is 13.1. The van der Waals surface area contributed by atoms with Gasteiger partial charge in [-0.2, -0.15) is 0 Å². The van der Waals surface area contributed by atoms with Crippen LogP contribution in [0.2, 0.25) is 5.02 Å². The molecule has 0 aromatic heterocycles. The van der Waals surface area contributed by atoms with E-state index in [1.807, 2.05) is 24.3 Å². The highest BCUT2D eigenvalue weighted by atomic mass is 35.5. The monoisotopic (exact) mass is 379 g/mol. The minimum absolute atomic E-state index is 0.118. The van der Waals surface area contributed by atoms with Crippen molar-refractivity contribution >= 4 is 17.5 Å². The molecule has 138 valence electrons. The standard InChI is InChI=1S/C19H19ClFNO4/c1-12(25-16-8-7-13(21)9-15(16)20)19(23)22(2)10-14-11-24-17-5-3-4-6-18(17)26-14/h3-9,12,14H,10-11H2,1-2H3. The molecule has 1 heterocycles. The van der Waals surface area contributed by atoms with Gasteiger partial charge in [-0.15, -0.1) is 0 Å². The number of ether oxygens (including phenoxy) is 3. The van der Waals surface area contributed by atoms with Crippen LogP contribution in [-0.2, 0) is 4.79 Å². The summed E-state index contributed by atoms with van der Waals surface area (Å²) < 4.78 is 30.2. The summed E-state index contributed by atoms with van der Waals surface area (Å²) in [4.78, 5) is 14.1. The normalized spacial score (nSPS) is 16.7. The number of nitrogens with zero attached hydrogens (tertiary/aromatic N) is 1. The lowest BCUT2D eigenvalue weighted by Crippen LogP contribution is -2.45. The highest BCUT2D eigenvalue weighted by Crippen LogP contribution is 2.31. The molecule has 1 aliphatic heterocycles. The van der Waals surface area contributed by atoms with Gasteiger partial charge in [0.25, 0.3) is 5.91 Å². The molecule has 0 saturated heterocycles. The first-order valence-electron chi connectivity index (χ1n) is 8.19. The van der Waals surface area contributed by atoms with Gasteiger partial charge in [0.1, 0.15) is 18.2 Å². The molecule has 0 bridgehead atoms. The molecule has 26 heavy (non-hydrogen) atoms. The van der Waals surface area contributed by atoms with Gasteiger partial charge in [0.2, 0.25) is 0 Å². The average Bonchev–Trinajstić information content (AvgIpc) is 2.63. The van der Waals surface area contributed by atoms with Gasteiger partial charge < -0.3 is 19.1 Å². The molecular formula is C19H19ClFNO4. The van der Waals surface area contributed by atoms with Gasteiger partial charge in [0, 0.05) is 7.05 Å². The second-order valence-corrected chi connectivity index (χ2v) is 6.46. The summed E-state index contributed by atoms with van der Waals surface area (Å²) in [5.74, 6) is 0.905. The lowest BCUT2D eigenvalue weighted by Gasteiger charge is -2.30. The SMILES string of the molecule is CC(Oc1ccc(F)cc1Cl)C(=O)N(C)CC1COc2ccccc2O1. The number of rotatable bonds is 5. The zero-order valence-corrected chi connectivity index (χ0v) is 15.2. The van der Waals surface area contributed by atoms with E-state index in [1.54, 1.807) is 14.0 Å². The average molecular weight is 380 g/mol. The molecule has 2 aromatic rings. The van der Waals surface area contributed by atoms with Crippen molar-refractivity contribution in [2.24, 2.45) is 0 Å². The van der Waals surface area contributed by atoms with Crippen LogP contribution in [0.5, 0.6) is 17.2 Å². The minimum atomic E-state index is -0.778. The number of amides is 1. The summed E-state index contributed by atoms with van der Waals surface area (Å²) in [6.45, 7) is 2.32. The van der Waals surface area contributed by atoms with Crippen LogP contribution in [0.1, 0.15) is 6.92 Å². The second-order valence-electron chi connectivity index (χ2n) is 6.05. The Kier molecular flexibility index (Phi) is 5.52. The number of carbonyl (C=O) groups is 1. The molecule has 0 radical (unpaired) electrons. The molecule has 2 atom stereocenters. The number of fused-ring (bicyclic) bond motifs is 1. The van der Waals surface area contributed by atoms with Crippen molar-refractivity contribution in [1.29, 1.82) is 0 Å². The second kappa shape index (κ2) is 7.83. The quantitative estimate of drug-likeness (QED) is 0.797. The number of hydrogen-bond donors (Lipinski definition) is 0. The third-order valence-corrected chi connectivity index (χ3v) is 4.26. The lowest BCUT2D eigenvalue weighted by atomic mass is 10.2. The third-order valence-electron chi connectivity index (χ3n) is 3.97. The first-order valence-corrected chi connectivity index (χ1v) is 8.57. The first-order chi connectivity index (χ1) is 12.4. The van der Waals surface area contributed by atoms with E-state index in [4.69, 9.17) is 25.8 Å². The van der Waals surface area contributed by atoms with Crippen LogP contribution in [-0.4, -0.2) is 43.2 Å². The van der Waals surface area contributed by atoms with E-state index in [9.17, 15) is 9.18 Å². The number of carbonyl (C=O) groups excluding carboxylic acids is 1. The molecule has 0 saturated carbocycles. The van der Waals surface area contributed by atoms with Crippen molar-refractivity contribution in [3.8, 4) is 17.2 Å². The predicted octanol–water partition coefficient (Wildman–Crippen LogP) is 3.54. The summed E-state index contributed by atoms with van der Waals surface area (Å²) in [6.07, 6.45) is -1.06. The van der Waals surface area contributed by atoms with Crippen LogP contribution in [0.15, 0.2) is 42.5 Å². The Balaban J connectivity index is 1.57. The van der Waals surface area contributed by atoms with Crippen molar-refractivity contribution in [3.63, 3.8) is 0 Å². The number of likely N-dealkylation sites (N-methyl/N-ethyl adjacent to an activating group) is 1. The third kappa shape index (κ3) is 4.19. The van der Waals surface area contributed by atoms with Crippen LogP contribution < -0.4 is 14.2 Å². The molecule has 1 aliphatic rings. The fraction of sp³-hybridized carbons (Fsp3) is 0.316. The summed E-state index contributed by atoms with van der Waals surface area (Å²) >= 11 is 5.93. The lowest BCUT2D eigenvalue weighted by molar-refractivity contribution is -0.138. The van der Waals surface area contributed by atoms with Gasteiger partial charge in [-0.3, -0.25) is 4.79 Å². The molecule has 2 aromatic carbocycles. The summed E-state index contributed by atoms with van der Waals surface area (Å²) in [5.41, 5.74) is 0. The van der Waals surface area contributed by atoms with Crippen LogP contribution in [0.4, 0.5) is 4.39 Å². The van der Waals surface area contributed by atoms with Crippen LogP contribution in [0, 0.1) is 5.82 Å². The van der Waals surface area contributed by atoms with Crippen LogP contribution in [0.3, 0.4) is 0 Å². The van der Waals surface area contributed by atoms with E-state index in [2.05, 4.69) is 0 Å². The van der Waals surface area contributed by atoms with E-state index >= 15 is 0 Å². The van der Waals surface area contributed by atoms with Crippen molar-refractivity contribution in [1.82, 2.24) is 4.90 Å². The topological polar surface area (TPSA) is 48.0 Å². The molecule has 7 heteroatoms. The van der Waals surface area contributed by atoms with Gasteiger partial charge in [-0.1, -0.05) is 23.7 Å². The van der Waals surface area contributed by atoms with E-state index in [-0.39, 0.29) is 22.8 Å². The van der Waals surface area contributed by atoms with Gasteiger partial charge >= 0.3 is 0 Å². The molecule has 1 amide bonds. The molecule has 0 spiro atoms. The molecule has 5 nitrogen and oxygen atoms in total. The van der Waals surface area contributed by atoms with E-state index in [0.29, 0.717) is 24.7 Å². The van der Waals surface area contributed by atoms with Gasteiger partial charge in [-0.05, 0) is 37.3 Å². The Hall–Kier alpha value is -2.47. The molecule has 2 unspecified atom stereocenters. The Morgan fingerprint density at radius 1 is 1.35 bits per heavy atom. The Morgan fingerprint density at radius 2 is 2.08 bits per heavy atom. The zero-order chi connectivity index (χ0) is 18.7. The van der Waals surface area contributed by atoms with Crippen molar-refractivity contribution in [3.05, 3.63) is 53.3 Å². The summed E-state index contributed by atoms with van der Waals surface area (Å²) in [6, 6.07) is 11.2. The molecule has 0 aliphatic carbocycles. The fourth-order valence-corrected chi connectivity index (χ4v) is 2.88. The van der Waals surface area contributed by atoms with Gasteiger partial charge in [0.15, 0.2) is 23.7 Å². The molecule has 0 fully saturated rings. The number of hydrogen-bond acceptors (Lipinski definition) is 4. The maximum atomic E-state index is 13.1. The highest BCUT2D eigenvalue weighted by molar-refractivity contribution is 6.32. The van der Waals surface area contributed by atoms with Crippen molar-refractivity contribution in [2.45, 2.75) is 19.1 Å². The van der Waals surface area contributed by atoms with Crippen molar-refractivity contribution < 1.29 is 23.4 Å². The molecule has 0 N–H and O–H groups in total. The number of halogens is 2. The Bertz CT molecular complexity index is 801. The smallest absolute Gasteiger partial charge is 0.263 e. The minimum Gasteiger partial charge on any atom is -0.486 e. The van der Waals surface area contributed by atoms with Crippen molar-refractivity contribution in [2.75, 3.05) is 20.2 Å². The largest absolute Gasteiger partial charge is 0.486 e. The molecular weight excluding hydrogens is 361 g/mol. The van der Waals surface area contributed by atoms with Gasteiger partial charge in [-0.25, -0.2) is 4.39 Å². The Morgan fingerprint density at radius 3 is 2.81 bits per heavy atom. The summed E-state index contributed by atoms with van der Waals surface area (Å²) in [5, 5.41) is 0.118. The highest BCUT2D eigenvalue weighted by Gasteiger charge is 2.26. The Labute approximate surface area is 156 Å². The number of para-hydroxylation sites is 2. The summed E-state index contributed by atoms with van der Waals surface area (Å²) in [7, 11) is 1.67. The van der Waals surface area contributed by atoms with E-state index in [1.165, 1.54) is 17.0 Å². The first kappa shape index (κ1) is 18.3. The zero-order valence-electron chi connectivity index (χ0n) is 14.4. The van der Waals surface area contributed by atoms with Crippen LogP contribution >= 0.6 is 11.6 Å². The van der Waals surface area contributed by atoms with E-state index < -0.39 is 11.9 Å². The van der Waals surface area contributed by atoms with Crippen LogP contribution in [0.25, 0.3) is 0 Å². The number of benzene rings is 2. The maximum Gasteiger partial charge on any atom is 0.263 e. The molecule has 3 rings (SSSR count). The predicted molar refractivity (Wildman–Crippen MR) is 95.5 cm³/mol. The fourth-order valence-electron chi connectivity index (χ4n) is 2.67. The van der Waals surface area contributed by atoms with Gasteiger partial charge in [0.05, 0.1) is 11.6 Å². The van der Waals surface area contributed by atoms with E-state index in [0.717, 1.165) is 6.07 Å².